The normalized spacial score (nSPS) is 15.8. The zero-order valence-electron chi connectivity index (χ0n) is 12.2. The van der Waals surface area contributed by atoms with Gasteiger partial charge in [0, 0.05) is 26.8 Å². The molecule has 0 bridgehead atoms. The minimum atomic E-state index is -0.175. The molecule has 0 unspecified atom stereocenters. The van der Waals surface area contributed by atoms with Gasteiger partial charge in [-0.1, -0.05) is 23.2 Å². The highest BCUT2D eigenvalue weighted by Crippen LogP contribution is 2.34. The van der Waals surface area contributed by atoms with Crippen molar-refractivity contribution >= 4 is 29.1 Å². The van der Waals surface area contributed by atoms with Crippen LogP contribution in [0.15, 0.2) is 12.1 Å². The Balaban J connectivity index is 2.17. The van der Waals surface area contributed by atoms with Crippen LogP contribution in [0.25, 0.3) is 0 Å². The number of carbonyl (C=O) groups is 1. The molecule has 0 N–H and O–H groups in total. The van der Waals surface area contributed by atoms with Crippen LogP contribution in [-0.4, -0.2) is 44.7 Å². The molecule has 0 aromatic heterocycles. The van der Waals surface area contributed by atoms with Crippen LogP contribution in [0.5, 0.6) is 5.75 Å². The number of ether oxygens (including phenoxy) is 2. The molecule has 6 heteroatoms. The number of carbonyl (C=O) groups excluding carboxylic acids is 1. The topological polar surface area (TPSA) is 38.8 Å². The third-order valence-electron chi connectivity index (χ3n) is 3.70. The Morgan fingerprint density at radius 1 is 1.33 bits per heavy atom. The van der Waals surface area contributed by atoms with Gasteiger partial charge in [-0.3, -0.25) is 4.79 Å². The highest BCUT2D eigenvalue weighted by atomic mass is 35.5. The van der Waals surface area contributed by atoms with Crippen molar-refractivity contribution in [3.63, 3.8) is 0 Å². The van der Waals surface area contributed by atoms with Crippen LogP contribution in [0.2, 0.25) is 10.0 Å². The van der Waals surface area contributed by atoms with E-state index in [0.29, 0.717) is 33.8 Å². The molecule has 4 nitrogen and oxygen atoms in total. The number of rotatable bonds is 4. The van der Waals surface area contributed by atoms with Crippen LogP contribution in [0.4, 0.5) is 0 Å². The summed E-state index contributed by atoms with van der Waals surface area (Å²) in [6.07, 6.45) is 1.94. The minimum Gasteiger partial charge on any atom is -0.494 e. The van der Waals surface area contributed by atoms with Crippen LogP contribution >= 0.6 is 23.2 Å². The molecule has 1 aliphatic rings. The molecule has 0 radical (unpaired) electrons. The molecule has 116 valence electrons. The number of nitrogens with zero attached hydrogens (tertiary/aromatic N) is 1. The SMILES string of the molecule is COc1c(Cl)ccc(Cl)c1C(=O)N(C)CC1CCOCC1. The van der Waals surface area contributed by atoms with E-state index in [1.807, 2.05) is 0 Å². The van der Waals surface area contributed by atoms with Crippen LogP contribution in [0, 0.1) is 5.92 Å². The number of amides is 1. The van der Waals surface area contributed by atoms with E-state index in [-0.39, 0.29) is 5.91 Å². The average Bonchev–Trinajstić information content (AvgIpc) is 2.49. The number of hydrogen-bond donors (Lipinski definition) is 0. The lowest BCUT2D eigenvalue weighted by molar-refractivity contribution is 0.0496. The summed E-state index contributed by atoms with van der Waals surface area (Å²) in [7, 11) is 3.25. The quantitative estimate of drug-likeness (QED) is 0.847. The number of hydrogen-bond acceptors (Lipinski definition) is 3. The summed E-state index contributed by atoms with van der Waals surface area (Å²) in [6.45, 7) is 2.19. The summed E-state index contributed by atoms with van der Waals surface area (Å²) in [6, 6.07) is 3.24. The van der Waals surface area contributed by atoms with E-state index >= 15 is 0 Å². The van der Waals surface area contributed by atoms with Gasteiger partial charge in [-0.15, -0.1) is 0 Å². The van der Waals surface area contributed by atoms with Crippen molar-refractivity contribution in [2.24, 2.45) is 5.92 Å². The third kappa shape index (κ3) is 3.82. The van der Waals surface area contributed by atoms with Gasteiger partial charge in [0.2, 0.25) is 0 Å². The van der Waals surface area contributed by atoms with Crippen molar-refractivity contribution in [3.05, 3.63) is 27.7 Å². The molecule has 1 amide bonds. The van der Waals surface area contributed by atoms with Crippen LogP contribution in [-0.2, 0) is 4.74 Å². The molecular weight excluding hydrogens is 313 g/mol. The van der Waals surface area contributed by atoms with Gasteiger partial charge >= 0.3 is 0 Å². The molecule has 1 aliphatic heterocycles. The smallest absolute Gasteiger partial charge is 0.258 e. The lowest BCUT2D eigenvalue weighted by atomic mass is 9.99. The Kier molecular flexibility index (Phi) is 5.73. The van der Waals surface area contributed by atoms with Crippen LogP contribution in [0.3, 0.4) is 0 Å². The molecule has 1 heterocycles. The molecule has 1 aromatic rings. The predicted molar refractivity (Wildman–Crippen MR) is 83.5 cm³/mol. The standard InChI is InChI=1S/C15H19Cl2NO3/c1-18(9-10-5-7-21-8-6-10)15(19)13-11(16)3-4-12(17)14(13)20-2/h3-4,10H,5-9H2,1-2H3. The fourth-order valence-electron chi connectivity index (χ4n) is 2.52. The molecule has 0 saturated carbocycles. The molecule has 0 spiro atoms. The van der Waals surface area contributed by atoms with Gasteiger partial charge in [0.1, 0.15) is 5.56 Å². The fraction of sp³-hybridized carbons (Fsp3) is 0.533. The van der Waals surface area contributed by atoms with Gasteiger partial charge in [0.15, 0.2) is 5.75 Å². The Labute approximate surface area is 134 Å². The molecule has 0 atom stereocenters. The van der Waals surface area contributed by atoms with Crippen molar-refractivity contribution in [2.75, 3.05) is 33.9 Å². The first-order valence-corrected chi connectivity index (χ1v) is 7.65. The summed E-state index contributed by atoms with van der Waals surface area (Å²) in [5, 5.41) is 0.727. The van der Waals surface area contributed by atoms with E-state index < -0.39 is 0 Å². The molecular formula is C15H19Cl2NO3. The Bertz CT molecular complexity index is 516. The van der Waals surface area contributed by atoms with Gasteiger partial charge < -0.3 is 14.4 Å². The molecule has 1 fully saturated rings. The zero-order valence-corrected chi connectivity index (χ0v) is 13.7. The Morgan fingerprint density at radius 3 is 2.57 bits per heavy atom. The second-order valence-corrected chi connectivity index (χ2v) is 5.99. The van der Waals surface area contributed by atoms with Gasteiger partial charge in [0.25, 0.3) is 5.91 Å². The van der Waals surface area contributed by atoms with E-state index in [4.69, 9.17) is 32.7 Å². The predicted octanol–water partition coefficient (Wildman–Crippen LogP) is 3.50. The van der Waals surface area contributed by atoms with Gasteiger partial charge in [-0.2, -0.15) is 0 Å². The highest BCUT2D eigenvalue weighted by molar-refractivity contribution is 6.37. The highest BCUT2D eigenvalue weighted by Gasteiger charge is 2.25. The summed E-state index contributed by atoms with van der Waals surface area (Å²) in [4.78, 5) is 14.3. The first kappa shape index (κ1) is 16.4. The maximum absolute atomic E-state index is 12.6. The van der Waals surface area contributed by atoms with Gasteiger partial charge in [-0.25, -0.2) is 0 Å². The Morgan fingerprint density at radius 2 is 1.95 bits per heavy atom. The summed E-state index contributed by atoms with van der Waals surface area (Å²) in [5.74, 6) is 0.607. The van der Waals surface area contributed by atoms with Crippen molar-refractivity contribution in [2.45, 2.75) is 12.8 Å². The average molecular weight is 332 g/mol. The fourth-order valence-corrected chi connectivity index (χ4v) is 2.99. The molecule has 2 rings (SSSR count). The van der Waals surface area contributed by atoms with E-state index in [1.54, 1.807) is 24.1 Å². The maximum atomic E-state index is 12.6. The van der Waals surface area contributed by atoms with E-state index in [0.717, 1.165) is 26.1 Å². The summed E-state index contributed by atoms with van der Waals surface area (Å²) in [5.41, 5.74) is 0.321. The summed E-state index contributed by atoms with van der Waals surface area (Å²) < 4.78 is 10.6. The van der Waals surface area contributed by atoms with Crippen LogP contribution in [0.1, 0.15) is 23.2 Å². The zero-order chi connectivity index (χ0) is 15.4. The monoisotopic (exact) mass is 331 g/mol. The van der Waals surface area contributed by atoms with Crippen LogP contribution < -0.4 is 4.74 Å². The minimum absolute atomic E-state index is 0.175. The van der Waals surface area contributed by atoms with E-state index in [9.17, 15) is 4.79 Å². The maximum Gasteiger partial charge on any atom is 0.258 e. The number of methoxy groups -OCH3 is 1. The van der Waals surface area contributed by atoms with Crippen molar-refractivity contribution in [1.29, 1.82) is 0 Å². The number of halogens is 2. The second-order valence-electron chi connectivity index (χ2n) is 5.18. The van der Waals surface area contributed by atoms with E-state index in [1.165, 1.54) is 7.11 Å². The molecule has 1 aromatic carbocycles. The molecule has 21 heavy (non-hydrogen) atoms. The van der Waals surface area contributed by atoms with Crippen molar-refractivity contribution in [3.8, 4) is 5.75 Å². The first-order chi connectivity index (χ1) is 10.0. The number of benzene rings is 1. The molecule has 0 aliphatic carbocycles. The first-order valence-electron chi connectivity index (χ1n) is 6.89. The lowest BCUT2D eigenvalue weighted by Gasteiger charge is -2.27. The third-order valence-corrected chi connectivity index (χ3v) is 4.31. The van der Waals surface area contributed by atoms with E-state index in [2.05, 4.69) is 0 Å². The lowest BCUT2D eigenvalue weighted by Crippen LogP contribution is -2.34. The van der Waals surface area contributed by atoms with Crippen molar-refractivity contribution in [1.82, 2.24) is 4.90 Å². The van der Waals surface area contributed by atoms with Gasteiger partial charge in [-0.05, 0) is 30.9 Å². The summed E-state index contributed by atoms with van der Waals surface area (Å²) >= 11 is 12.2. The Hall–Kier alpha value is -0.970. The van der Waals surface area contributed by atoms with Gasteiger partial charge in [0.05, 0.1) is 17.2 Å². The largest absolute Gasteiger partial charge is 0.494 e. The second kappa shape index (κ2) is 7.34. The van der Waals surface area contributed by atoms with Crippen molar-refractivity contribution < 1.29 is 14.3 Å². The molecule has 1 saturated heterocycles.